The van der Waals surface area contributed by atoms with Gasteiger partial charge in [0.1, 0.15) is 11.6 Å². The molecule has 0 fully saturated rings. The number of carbonyl (C=O) groups excluding carboxylic acids is 2. The first kappa shape index (κ1) is 44.2. The van der Waals surface area contributed by atoms with Crippen LogP contribution in [-0.2, 0) is 11.4 Å². The third kappa shape index (κ3) is 7.07. The largest absolute Gasteiger partial charge is 0.465 e. The number of aromatic nitrogens is 5. The van der Waals surface area contributed by atoms with Crippen LogP contribution in [0.3, 0.4) is 0 Å². The normalized spacial score (nSPS) is 17.1. The highest BCUT2D eigenvalue weighted by Crippen LogP contribution is 2.49. The Morgan fingerprint density at radius 1 is 0.754 bits per heavy atom. The van der Waals surface area contributed by atoms with E-state index in [1.807, 2.05) is 10.7 Å². The maximum atomic E-state index is 15.2. The lowest BCUT2D eigenvalue weighted by molar-refractivity contribution is 0.0677. The topological polar surface area (TPSA) is 213 Å². The van der Waals surface area contributed by atoms with Crippen LogP contribution in [0.15, 0.2) is 121 Å². The zero-order valence-electron chi connectivity index (χ0n) is 34.7. The van der Waals surface area contributed by atoms with Crippen LogP contribution in [0.4, 0.5) is 50.8 Å². The number of hydrogen-bond acceptors (Lipinski definition) is 10. The van der Waals surface area contributed by atoms with E-state index >= 15 is 13.2 Å². The van der Waals surface area contributed by atoms with Crippen molar-refractivity contribution in [3.8, 4) is 12.3 Å². The van der Waals surface area contributed by atoms with Gasteiger partial charge in [0.25, 0.3) is 11.8 Å². The van der Waals surface area contributed by atoms with Gasteiger partial charge in [0.05, 0.1) is 55.2 Å². The molecule has 342 valence electrons. The van der Waals surface area contributed by atoms with Crippen LogP contribution in [0.2, 0.25) is 5.02 Å². The number of benzene rings is 6. The Labute approximate surface area is 394 Å². The van der Waals surface area contributed by atoms with Crippen LogP contribution in [0, 0.1) is 35.6 Å². The fourth-order valence-electron chi connectivity index (χ4n) is 8.49. The highest BCUT2D eigenvalue weighted by Gasteiger charge is 2.55. The average molecular weight is 970 g/mol. The molecule has 0 bridgehead atoms. The van der Waals surface area contributed by atoms with Gasteiger partial charge in [-0.25, -0.2) is 37.3 Å². The summed E-state index contributed by atoms with van der Waals surface area (Å²) in [6.45, 7) is 0. The van der Waals surface area contributed by atoms with E-state index in [0.717, 1.165) is 23.1 Å². The minimum Gasteiger partial charge on any atom is -0.465 e. The Morgan fingerprint density at radius 2 is 1.38 bits per heavy atom. The molecule has 2 aliphatic rings. The van der Waals surface area contributed by atoms with Gasteiger partial charge in [-0.3, -0.25) is 24.7 Å². The SMILES string of the molecule is C#Cc1cccc(N2C(=O)c3c(F)ccc(F)c3C2(O)c2ccc3nc(NC(=O)O)[nH]c3c2)c1F.O=C1c2ccccc2C(O)(c2ccc3nc(Nc4nccs4)[nH]c3c2)N1c1cccc(Cl)c1F. The number of H-pyrrole nitrogens is 2. The van der Waals surface area contributed by atoms with Crippen molar-refractivity contribution in [2.75, 3.05) is 20.4 Å². The van der Waals surface area contributed by atoms with Crippen LogP contribution in [0.1, 0.15) is 48.5 Å². The van der Waals surface area contributed by atoms with E-state index in [0.29, 0.717) is 38.1 Å². The number of fused-ring (bicyclic) bond motifs is 4. The maximum Gasteiger partial charge on any atom is 0.411 e. The van der Waals surface area contributed by atoms with Crippen molar-refractivity contribution in [1.82, 2.24) is 24.9 Å². The minimum atomic E-state index is -2.70. The van der Waals surface area contributed by atoms with Crippen molar-refractivity contribution in [3.05, 3.63) is 188 Å². The van der Waals surface area contributed by atoms with Crippen molar-refractivity contribution >= 4 is 91.3 Å². The molecule has 21 heteroatoms. The molecule has 5 heterocycles. The third-order valence-electron chi connectivity index (χ3n) is 11.5. The number of nitrogens with zero attached hydrogens (tertiary/aromatic N) is 5. The number of nitrogens with one attached hydrogen (secondary N) is 4. The van der Waals surface area contributed by atoms with E-state index < -0.39 is 69.4 Å². The molecule has 15 nitrogen and oxygen atoms in total. The van der Waals surface area contributed by atoms with Crippen LogP contribution in [-0.4, -0.2) is 58.1 Å². The van der Waals surface area contributed by atoms with Gasteiger partial charge in [0.2, 0.25) is 17.6 Å². The number of terminal acetylenes is 1. The molecule has 2 aliphatic heterocycles. The summed E-state index contributed by atoms with van der Waals surface area (Å²) in [5.74, 6) is -3.32. The molecule has 3 aromatic heterocycles. The summed E-state index contributed by atoms with van der Waals surface area (Å²) in [4.78, 5) is 57.8. The first-order valence-corrected chi connectivity index (χ1v) is 21.5. The Bertz CT molecular complexity index is 3660. The second kappa shape index (κ2) is 16.6. The molecule has 69 heavy (non-hydrogen) atoms. The maximum absolute atomic E-state index is 15.2. The number of aliphatic hydroxyl groups is 2. The van der Waals surface area contributed by atoms with Gasteiger partial charge in [-0.05, 0) is 66.7 Å². The fraction of sp³-hybridized carbons (Fsp3) is 0.0417. The zero-order valence-corrected chi connectivity index (χ0v) is 36.3. The number of hydrogen-bond donors (Lipinski definition) is 7. The number of carboxylic acid groups (broad SMARTS) is 1. The molecule has 7 N–H and O–H groups in total. The molecular weight excluding hydrogens is 942 g/mol. The number of halogens is 5. The summed E-state index contributed by atoms with van der Waals surface area (Å²) in [6.07, 6.45) is 5.63. The molecule has 0 radical (unpaired) electrons. The van der Waals surface area contributed by atoms with Crippen LogP contribution in [0.25, 0.3) is 22.1 Å². The monoisotopic (exact) mass is 969 g/mol. The minimum absolute atomic E-state index is 0.118. The summed E-state index contributed by atoms with van der Waals surface area (Å²) < 4.78 is 60.2. The molecule has 0 aliphatic carbocycles. The van der Waals surface area contributed by atoms with E-state index in [4.69, 9.17) is 23.1 Å². The molecule has 3 amide bonds. The summed E-state index contributed by atoms with van der Waals surface area (Å²) >= 11 is 7.44. The van der Waals surface area contributed by atoms with Crippen LogP contribution >= 0.6 is 22.9 Å². The Balaban J connectivity index is 0.000000160. The first-order chi connectivity index (χ1) is 33.1. The Kier molecular flexibility index (Phi) is 10.7. The van der Waals surface area contributed by atoms with Crippen molar-refractivity contribution < 1.29 is 47.3 Å². The number of anilines is 5. The Morgan fingerprint density at radius 3 is 2.06 bits per heavy atom. The van der Waals surface area contributed by atoms with E-state index in [-0.39, 0.29) is 44.4 Å². The smallest absolute Gasteiger partial charge is 0.411 e. The summed E-state index contributed by atoms with van der Waals surface area (Å²) in [6, 6.07) is 25.2. The van der Waals surface area contributed by atoms with Crippen molar-refractivity contribution in [3.63, 3.8) is 0 Å². The van der Waals surface area contributed by atoms with Gasteiger partial charge in [-0.15, -0.1) is 17.8 Å². The molecular formula is C48H28ClF4N9O6S. The number of amides is 3. The van der Waals surface area contributed by atoms with Crippen molar-refractivity contribution in [1.29, 1.82) is 0 Å². The van der Waals surface area contributed by atoms with Crippen molar-refractivity contribution in [2.45, 2.75) is 11.4 Å². The lowest BCUT2D eigenvalue weighted by Crippen LogP contribution is -2.46. The lowest BCUT2D eigenvalue weighted by Gasteiger charge is -2.35. The fourth-order valence-corrected chi connectivity index (χ4v) is 9.18. The van der Waals surface area contributed by atoms with Gasteiger partial charge < -0.3 is 30.6 Å². The zero-order chi connectivity index (χ0) is 48.5. The molecule has 11 rings (SSSR count). The molecule has 0 saturated heterocycles. The number of thiazole rings is 1. The predicted octanol–water partition coefficient (Wildman–Crippen LogP) is 9.31. The predicted molar refractivity (Wildman–Crippen MR) is 247 cm³/mol. The first-order valence-electron chi connectivity index (χ1n) is 20.2. The quantitative estimate of drug-likeness (QED) is 0.0594. The van der Waals surface area contributed by atoms with Crippen LogP contribution in [0.5, 0.6) is 0 Å². The van der Waals surface area contributed by atoms with Crippen molar-refractivity contribution in [2.24, 2.45) is 0 Å². The van der Waals surface area contributed by atoms with Gasteiger partial charge >= 0.3 is 6.09 Å². The third-order valence-corrected chi connectivity index (χ3v) is 12.4. The number of rotatable bonds is 7. The second-order valence-corrected chi connectivity index (χ2v) is 16.6. The molecule has 6 aromatic carbocycles. The van der Waals surface area contributed by atoms with Gasteiger partial charge in [-0.1, -0.05) is 60.0 Å². The molecule has 2 atom stereocenters. The summed E-state index contributed by atoms with van der Waals surface area (Å²) in [7, 11) is 0. The number of imidazole rings is 2. The van der Waals surface area contributed by atoms with Crippen LogP contribution < -0.4 is 20.4 Å². The molecule has 9 aromatic rings. The molecule has 2 unspecified atom stereocenters. The van der Waals surface area contributed by atoms with E-state index in [1.54, 1.807) is 48.7 Å². The van der Waals surface area contributed by atoms with Gasteiger partial charge in [0.15, 0.2) is 22.5 Å². The standard InChI is InChI=1S/C24H15ClFN5O2S.C24H13F3N4O4/c25-16-6-3-7-19(20(16)26)31-21(32)14-4-1-2-5-15(14)24(31,33)13-8-9-17-18(12-13)29-22(28-17)30-23-27-10-11-34-23;1-2-11-4-3-5-17(20(11)27)31-21(32)18-13(25)7-8-14(26)19(18)24(31,35)12-6-9-15-16(10-12)29-22(28-15)30-23(33)34/h1-12,33H,(H2,27,28,29,30);1,3-10,35H,(H,33,34)(H2,28,29,30). The molecule has 0 spiro atoms. The van der Waals surface area contributed by atoms with Gasteiger partial charge in [0, 0.05) is 33.8 Å². The average Bonchev–Trinajstić information content (AvgIpc) is 4.17. The van der Waals surface area contributed by atoms with E-state index in [9.17, 15) is 29.0 Å². The number of carbonyl (C=O) groups is 3. The second-order valence-electron chi connectivity index (χ2n) is 15.3. The summed E-state index contributed by atoms with van der Waals surface area (Å²) in [5, 5.41) is 40.5. The lowest BCUT2D eigenvalue weighted by atomic mass is 9.92. The summed E-state index contributed by atoms with van der Waals surface area (Å²) in [5.41, 5.74) is -4.46. The molecule has 0 saturated carbocycles. The Hall–Kier alpha value is -8.61. The van der Waals surface area contributed by atoms with E-state index in [1.165, 1.54) is 59.9 Å². The number of aromatic amines is 2. The van der Waals surface area contributed by atoms with E-state index in [2.05, 4.69) is 36.2 Å². The highest BCUT2D eigenvalue weighted by molar-refractivity contribution is 7.13. The highest BCUT2D eigenvalue weighted by atomic mass is 35.5. The van der Waals surface area contributed by atoms with Gasteiger partial charge in [-0.2, -0.15) is 0 Å².